The van der Waals surface area contributed by atoms with Crippen LogP contribution in [0.4, 0.5) is 0 Å². The number of aliphatic hydroxyl groups excluding tert-OH is 2. The maximum absolute atomic E-state index is 12.5. The van der Waals surface area contributed by atoms with Crippen molar-refractivity contribution in [3.05, 3.63) is 29.0 Å². The third-order valence-corrected chi connectivity index (χ3v) is 7.69. The molecule has 0 aliphatic heterocycles. The van der Waals surface area contributed by atoms with Gasteiger partial charge in [0.2, 0.25) is 0 Å². The topological polar surface area (TPSA) is 102 Å². The van der Waals surface area contributed by atoms with Gasteiger partial charge in [-0.1, -0.05) is 0 Å². The zero-order valence-electron chi connectivity index (χ0n) is 13.6. The summed E-state index contributed by atoms with van der Waals surface area (Å²) in [5.74, 6) is -1.65. The molecule has 1 unspecified atom stereocenters. The molecule has 0 radical (unpaired) electrons. The first-order valence-electron chi connectivity index (χ1n) is 7.33. The summed E-state index contributed by atoms with van der Waals surface area (Å²) in [4.78, 5) is 24.9. The van der Waals surface area contributed by atoms with Gasteiger partial charge in [0.05, 0.1) is 24.3 Å². The smallest absolute Gasteiger partial charge is 0.340 e. The molecule has 0 saturated carbocycles. The van der Waals surface area contributed by atoms with Crippen LogP contribution in [0.15, 0.2) is 17.9 Å². The van der Waals surface area contributed by atoms with E-state index in [1.807, 2.05) is 0 Å². The Hall–Kier alpha value is -0.0400. The van der Waals surface area contributed by atoms with E-state index in [9.17, 15) is 14.7 Å². The number of hydrogen-bond acceptors (Lipinski definition) is 7. The Bertz CT molecular complexity index is 666. The van der Waals surface area contributed by atoms with Crippen LogP contribution in [0.5, 0.6) is 0 Å². The predicted octanol–water partition coefficient (Wildman–Crippen LogP) is 3.44. The van der Waals surface area contributed by atoms with Crippen molar-refractivity contribution in [1.29, 1.82) is 0 Å². The quantitative estimate of drug-likeness (QED) is 0.246. The minimum absolute atomic E-state index is 0.0179. The largest absolute Gasteiger partial charge is 0.460 e. The predicted molar refractivity (Wildman–Crippen MR) is 107 cm³/mol. The van der Waals surface area contributed by atoms with Gasteiger partial charge in [-0.3, -0.25) is 0 Å². The SMILES string of the molecule is CCOCC(O)COC(=O)c1c(Br)c(Br)c(Br)c(Br)c1C(=O)OCCO. The Balaban J connectivity index is 3.18. The van der Waals surface area contributed by atoms with Gasteiger partial charge in [0.1, 0.15) is 19.3 Å². The first kappa shape index (κ1) is 24.0. The van der Waals surface area contributed by atoms with Crippen LogP contribution in [0.2, 0.25) is 0 Å². The Labute approximate surface area is 183 Å². The summed E-state index contributed by atoms with van der Waals surface area (Å²) < 4.78 is 16.6. The highest BCUT2D eigenvalue weighted by Crippen LogP contribution is 2.42. The fourth-order valence-electron chi connectivity index (χ4n) is 1.77. The van der Waals surface area contributed by atoms with E-state index in [1.165, 1.54) is 0 Å². The second-order valence-electron chi connectivity index (χ2n) is 4.78. The van der Waals surface area contributed by atoms with Crippen molar-refractivity contribution in [2.24, 2.45) is 0 Å². The fraction of sp³-hybridized carbons (Fsp3) is 0.467. The first-order valence-corrected chi connectivity index (χ1v) is 10.5. The average Bonchev–Trinajstić information content (AvgIpc) is 2.63. The van der Waals surface area contributed by atoms with Crippen molar-refractivity contribution in [2.45, 2.75) is 13.0 Å². The van der Waals surface area contributed by atoms with E-state index in [1.54, 1.807) is 6.92 Å². The molecule has 0 aromatic heterocycles. The summed E-state index contributed by atoms with van der Waals surface area (Å²) in [5.41, 5.74) is -0.164. The molecule has 1 aromatic carbocycles. The number of hydrogen-bond donors (Lipinski definition) is 2. The van der Waals surface area contributed by atoms with Gasteiger partial charge in [-0.2, -0.15) is 0 Å². The standard InChI is InChI=1S/C15H16Br4O7/c1-2-24-5-7(21)6-26-15(23)9-8(14(22)25-4-3-20)10(16)12(18)13(19)11(9)17/h7,20-21H,2-6H2,1H3. The van der Waals surface area contributed by atoms with Crippen LogP contribution in [0.3, 0.4) is 0 Å². The molecule has 0 amide bonds. The maximum atomic E-state index is 12.5. The lowest BCUT2D eigenvalue weighted by Gasteiger charge is -2.17. The number of carbonyl (C=O) groups excluding carboxylic acids is 2. The molecule has 0 bridgehead atoms. The second-order valence-corrected chi connectivity index (χ2v) is 7.95. The van der Waals surface area contributed by atoms with Crippen molar-refractivity contribution >= 4 is 75.7 Å². The van der Waals surface area contributed by atoms with E-state index in [0.29, 0.717) is 15.6 Å². The van der Waals surface area contributed by atoms with Crippen molar-refractivity contribution in [1.82, 2.24) is 0 Å². The minimum atomic E-state index is -0.996. The minimum Gasteiger partial charge on any atom is -0.460 e. The Morgan fingerprint density at radius 2 is 1.42 bits per heavy atom. The zero-order chi connectivity index (χ0) is 19.9. The molecular weight excluding hydrogens is 612 g/mol. The van der Waals surface area contributed by atoms with Crippen molar-refractivity contribution in [3.8, 4) is 0 Å². The van der Waals surface area contributed by atoms with E-state index in [0.717, 1.165) is 0 Å². The number of rotatable bonds is 9. The van der Waals surface area contributed by atoms with Gasteiger partial charge in [0.25, 0.3) is 0 Å². The molecule has 11 heteroatoms. The lowest BCUT2D eigenvalue weighted by atomic mass is 10.1. The number of carbonyl (C=O) groups is 2. The number of esters is 2. The highest BCUT2D eigenvalue weighted by Gasteiger charge is 2.30. The summed E-state index contributed by atoms with van der Waals surface area (Å²) in [5, 5.41) is 18.6. The van der Waals surface area contributed by atoms with Crippen molar-refractivity contribution in [2.75, 3.05) is 33.0 Å². The molecular formula is C15H16Br4O7. The molecule has 26 heavy (non-hydrogen) atoms. The van der Waals surface area contributed by atoms with Crippen LogP contribution in [-0.4, -0.2) is 61.3 Å². The molecule has 0 aliphatic carbocycles. The van der Waals surface area contributed by atoms with Gasteiger partial charge in [0.15, 0.2) is 0 Å². The summed E-state index contributed by atoms with van der Waals surface area (Å²) in [6, 6.07) is 0. The lowest BCUT2D eigenvalue weighted by Crippen LogP contribution is -2.25. The molecule has 7 nitrogen and oxygen atoms in total. The van der Waals surface area contributed by atoms with Crippen LogP contribution >= 0.6 is 63.7 Å². The third-order valence-electron chi connectivity index (χ3n) is 2.92. The highest BCUT2D eigenvalue weighted by molar-refractivity contribution is 9.15. The number of benzene rings is 1. The van der Waals surface area contributed by atoms with Crippen LogP contribution in [-0.2, 0) is 14.2 Å². The van der Waals surface area contributed by atoms with Crippen LogP contribution in [0.25, 0.3) is 0 Å². The first-order chi connectivity index (χ1) is 12.3. The molecule has 0 aliphatic rings. The van der Waals surface area contributed by atoms with Gasteiger partial charge >= 0.3 is 11.9 Å². The Morgan fingerprint density at radius 3 is 1.88 bits per heavy atom. The molecule has 1 aromatic rings. The van der Waals surface area contributed by atoms with Gasteiger partial charge in [0, 0.05) is 24.5 Å². The van der Waals surface area contributed by atoms with Gasteiger partial charge in [-0.25, -0.2) is 9.59 Å². The summed E-state index contributed by atoms with van der Waals surface area (Å²) >= 11 is 13.1. The second kappa shape index (κ2) is 11.7. The summed E-state index contributed by atoms with van der Waals surface area (Å²) in [6.45, 7) is 1.33. The van der Waals surface area contributed by atoms with Gasteiger partial charge in [-0.05, 0) is 70.6 Å². The third kappa shape index (κ3) is 6.25. The average molecular weight is 628 g/mol. The molecule has 2 N–H and O–H groups in total. The van der Waals surface area contributed by atoms with E-state index >= 15 is 0 Å². The van der Waals surface area contributed by atoms with E-state index in [4.69, 9.17) is 19.3 Å². The van der Waals surface area contributed by atoms with Gasteiger partial charge < -0.3 is 24.4 Å². The van der Waals surface area contributed by atoms with E-state index in [2.05, 4.69) is 63.7 Å². The Morgan fingerprint density at radius 1 is 0.923 bits per heavy atom. The molecule has 0 fully saturated rings. The lowest BCUT2D eigenvalue weighted by molar-refractivity contribution is -0.00854. The van der Waals surface area contributed by atoms with Gasteiger partial charge in [-0.15, -0.1) is 0 Å². The summed E-state index contributed by atoms with van der Waals surface area (Å²) in [6.07, 6.45) is -0.996. The zero-order valence-corrected chi connectivity index (χ0v) is 19.9. The number of halogens is 4. The number of aliphatic hydroxyl groups is 2. The van der Waals surface area contributed by atoms with Crippen LogP contribution in [0, 0.1) is 0 Å². The number of ether oxygens (including phenoxy) is 3. The molecule has 1 atom stereocenters. The fourth-order valence-corrected chi connectivity index (χ4v) is 4.21. The Kier molecular flexibility index (Phi) is 10.8. The van der Waals surface area contributed by atoms with E-state index in [-0.39, 0.29) is 46.5 Å². The van der Waals surface area contributed by atoms with E-state index < -0.39 is 18.0 Å². The normalized spacial score (nSPS) is 12.0. The molecule has 146 valence electrons. The van der Waals surface area contributed by atoms with Crippen LogP contribution in [0.1, 0.15) is 27.6 Å². The van der Waals surface area contributed by atoms with Crippen molar-refractivity contribution < 1.29 is 34.0 Å². The maximum Gasteiger partial charge on any atom is 0.340 e. The van der Waals surface area contributed by atoms with Crippen molar-refractivity contribution in [3.63, 3.8) is 0 Å². The monoisotopic (exact) mass is 624 g/mol. The molecule has 0 heterocycles. The van der Waals surface area contributed by atoms with Crippen LogP contribution < -0.4 is 0 Å². The summed E-state index contributed by atoms with van der Waals surface area (Å²) in [7, 11) is 0. The highest BCUT2D eigenvalue weighted by atomic mass is 79.9. The molecule has 0 saturated heterocycles. The molecule has 1 rings (SSSR count). The molecule has 0 spiro atoms.